The van der Waals surface area contributed by atoms with E-state index in [1.165, 1.54) is 0 Å². The number of ketones is 1. The van der Waals surface area contributed by atoms with E-state index in [4.69, 9.17) is 9.47 Å². The van der Waals surface area contributed by atoms with Crippen LogP contribution in [0.3, 0.4) is 0 Å². The van der Waals surface area contributed by atoms with E-state index >= 15 is 0 Å². The monoisotopic (exact) mass is 255 g/mol. The van der Waals surface area contributed by atoms with Crippen LogP contribution in [0.5, 0.6) is 11.5 Å². The Hall–Kier alpha value is -2.36. The fourth-order valence-electron chi connectivity index (χ4n) is 2.02. The molecule has 0 amide bonds. The zero-order chi connectivity index (χ0) is 13.2. The molecule has 1 aromatic carbocycles. The predicted octanol–water partition coefficient (Wildman–Crippen LogP) is 2.54. The number of hydrogen-bond donors (Lipinski definition) is 0. The van der Waals surface area contributed by atoms with Gasteiger partial charge in [0.25, 0.3) is 0 Å². The van der Waals surface area contributed by atoms with Gasteiger partial charge in [-0.05, 0) is 12.5 Å². The lowest BCUT2D eigenvalue weighted by atomic mass is 10.2. The number of carbonyl (C=O) groups excluding carboxylic acids is 1. The third kappa shape index (κ3) is 2.17. The standard InChI is InChI=1S/C15H13NO3/c1-10-14(18-8-11-5-3-2-4-6-11)15-12(7-16-10)13(17)9-19-15/h2-7H,8-9H2,1H3. The molecule has 19 heavy (non-hydrogen) atoms. The third-order valence-corrected chi connectivity index (χ3v) is 3.04. The average molecular weight is 255 g/mol. The van der Waals surface area contributed by atoms with Crippen LogP contribution in [0.15, 0.2) is 36.5 Å². The van der Waals surface area contributed by atoms with E-state index in [2.05, 4.69) is 4.98 Å². The summed E-state index contributed by atoms with van der Waals surface area (Å²) in [7, 11) is 0. The fourth-order valence-corrected chi connectivity index (χ4v) is 2.02. The zero-order valence-corrected chi connectivity index (χ0v) is 10.6. The third-order valence-electron chi connectivity index (χ3n) is 3.04. The Labute approximate surface area is 111 Å². The zero-order valence-electron chi connectivity index (χ0n) is 10.6. The van der Waals surface area contributed by atoms with Crippen molar-refractivity contribution in [3.05, 3.63) is 53.3 Å². The average Bonchev–Trinajstić information content (AvgIpc) is 2.81. The number of carbonyl (C=O) groups is 1. The molecule has 1 aliphatic rings. The first-order valence-electron chi connectivity index (χ1n) is 6.08. The van der Waals surface area contributed by atoms with E-state index in [0.29, 0.717) is 23.7 Å². The van der Waals surface area contributed by atoms with Crippen LogP contribution < -0.4 is 9.47 Å². The molecule has 2 aromatic rings. The molecular weight excluding hydrogens is 242 g/mol. The summed E-state index contributed by atoms with van der Waals surface area (Å²) in [4.78, 5) is 15.8. The first-order valence-corrected chi connectivity index (χ1v) is 6.08. The number of aromatic nitrogens is 1. The van der Waals surface area contributed by atoms with Gasteiger partial charge in [0.05, 0.1) is 11.3 Å². The number of ether oxygens (including phenoxy) is 2. The van der Waals surface area contributed by atoms with Gasteiger partial charge in [0.2, 0.25) is 5.78 Å². The molecule has 96 valence electrons. The molecule has 1 aromatic heterocycles. The Balaban J connectivity index is 1.87. The van der Waals surface area contributed by atoms with E-state index in [9.17, 15) is 4.79 Å². The molecule has 2 heterocycles. The first-order chi connectivity index (χ1) is 9.25. The molecule has 4 nitrogen and oxygen atoms in total. The summed E-state index contributed by atoms with van der Waals surface area (Å²) in [5.74, 6) is 1.03. The van der Waals surface area contributed by atoms with Gasteiger partial charge < -0.3 is 9.47 Å². The van der Waals surface area contributed by atoms with Crippen molar-refractivity contribution in [1.82, 2.24) is 4.98 Å². The number of fused-ring (bicyclic) bond motifs is 1. The lowest BCUT2D eigenvalue weighted by Gasteiger charge is -2.11. The van der Waals surface area contributed by atoms with Crippen LogP contribution in [0, 0.1) is 6.92 Å². The molecule has 4 heteroatoms. The van der Waals surface area contributed by atoms with Crippen molar-refractivity contribution in [3.63, 3.8) is 0 Å². The van der Waals surface area contributed by atoms with E-state index in [-0.39, 0.29) is 12.4 Å². The number of nitrogens with zero attached hydrogens (tertiary/aromatic N) is 1. The van der Waals surface area contributed by atoms with Gasteiger partial charge in [-0.15, -0.1) is 0 Å². The second kappa shape index (κ2) is 4.72. The van der Waals surface area contributed by atoms with Crippen LogP contribution in [0.25, 0.3) is 0 Å². The normalized spacial score (nSPS) is 13.0. The van der Waals surface area contributed by atoms with Gasteiger partial charge in [-0.1, -0.05) is 30.3 Å². The van der Waals surface area contributed by atoms with Gasteiger partial charge in [0, 0.05) is 6.20 Å². The predicted molar refractivity (Wildman–Crippen MR) is 69.6 cm³/mol. The van der Waals surface area contributed by atoms with Crippen molar-refractivity contribution >= 4 is 5.78 Å². The van der Waals surface area contributed by atoms with E-state index < -0.39 is 0 Å². The van der Waals surface area contributed by atoms with E-state index in [1.807, 2.05) is 37.3 Å². The molecule has 0 atom stereocenters. The lowest BCUT2D eigenvalue weighted by molar-refractivity contribution is 0.0960. The minimum absolute atomic E-state index is 0.0490. The van der Waals surface area contributed by atoms with Crippen molar-refractivity contribution in [2.24, 2.45) is 0 Å². The van der Waals surface area contributed by atoms with E-state index in [0.717, 1.165) is 11.3 Å². The Morgan fingerprint density at radius 1 is 1.32 bits per heavy atom. The van der Waals surface area contributed by atoms with Gasteiger partial charge in [-0.25, -0.2) is 0 Å². The van der Waals surface area contributed by atoms with Crippen LogP contribution >= 0.6 is 0 Å². The molecule has 1 aliphatic heterocycles. The summed E-state index contributed by atoms with van der Waals surface area (Å²) in [6.45, 7) is 2.34. The van der Waals surface area contributed by atoms with Crippen molar-refractivity contribution in [1.29, 1.82) is 0 Å². The number of aryl methyl sites for hydroxylation is 1. The van der Waals surface area contributed by atoms with E-state index in [1.54, 1.807) is 6.20 Å². The summed E-state index contributed by atoms with van der Waals surface area (Å²) in [6.07, 6.45) is 1.55. The largest absolute Gasteiger partial charge is 0.483 e. The maximum atomic E-state index is 11.6. The first kappa shape index (κ1) is 11.7. The molecule has 0 bridgehead atoms. The number of hydrogen-bond acceptors (Lipinski definition) is 4. The van der Waals surface area contributed by atoms with Crippen LogP contribution in [0.4, 0.5) is 0 Å². The fraction of sp³-hybridized carbons (Fsp3) is 0.200. The topological polar surface area (TPSA) is 48.4 Å². The maximum Gasteiger partial charge on any atom is 0.205 e. The molecule has 0 aliphatic carbocycles. The van der Waals surface area contributed by atoms with Gasteiger partial charge in [0.1, 0.15) is 6.61 Å². The summed E-state index contributed by atoms with van der Waals surface area (Å²) >= 11 is 0. The van der Waals surface area contributed by atoms with Gasteiger partial charge in [-0.2, -0.15) is 0 Å². The highest BCUT2D eigenvalue weighted by Gasteiger charge is 2.27. The highest BCUT2D eigenvalue weighted by atomic mass is 16.5. The molecule has 0 spiro atoms. The minimum atomic E-state index is -0.0490. The van der Waals surface area contributed by atoms with Crippen molar-refractivity contribution in [2.75, 3.05) is 6.61 Å². The summed E-state index contributed by atoms with van der Waals surface area (Å²) in [5.41, 5.74) is 2.29. The molecule has 0 unspecified atom stereocenters. The Morgan fingerprint density at radius 2 is 2.11 bits per heavy atom. The van der Waals surface area contributed by atoms with Crippen LogP contribution in [0.1, 0.15) is 21.6 Å². The molecule has 0 saturated carbocycles. The van der Waals surface area contributed by atoms with Crippen molar-refractivity contribution in [3.8, 4) is 11.5 Å². The van der Waals surface area contributed by atoms with Gasteiger partial charge >= 0.3 is 0 Å². The number of benzene rings is 1. The number of rotatable bonds is 3. The van der Waals surface area contributed by atoms with Crippen molar-refractivity contribution in [2.45, 2.75) is 13.5 Å². The molecule has 0 N–H and O–H groups in total. The highest BCUT2D eigenvalue weighted by molar-refractivity contribution is 6.02. The second-order valence-corrected chi connectivity index (χ2v) is 4.40. The second-order valence-electron chi connectivity index (χ2n) is 4.40. The van der Waals surface area contributed by atoms with Gasteiger partial charge in [-0.3, -0.25) is 9.78 Å². The summed E-state index contributed by atoms with van der Waals surface area (Å²) in [6, 6.07) is 9.84. The molecule has 0 radical (unpaired) electrons. The summed E-state index contributed by atoms with van der Waals surface area (Å²) in [5, 5.41) is 0. The SMILES string of the molecule is Cc1ncc2c(c1OCc1ccccc1)OCC2=O. The quantitative estimate of drug-likeness (QED) is 0.845. The molecule has 0 saturated heterocycles. The smallest absolute Gasteiger partial charge is 0.205 e. The van der Waals surface area contributed by atoms with Crippen LogP contribution in [0.2, 0.25) is 0 Å². The lowest BCUT2D eigenvalue weighted by Crippen LogP contribution is -2.00. The number of pyridine rings is 1. The van der Waals surface area contributed by atoms with Crippen LogP contribution in [-0.4, -0.2) is 17.4 Å². The van der Waals surface area contributed by atoms with Crippen LogP contribution in [-0.2, 0) is 6.61 Å². The Bertz CT molecular complexity index is 623. The Kier molecular flexibility index (Phi) is 2.91. The summed E-state index contributed by atoms with van der Waals surface area (Å²) < 4.78 is 11.2. The molecule has 3 rings (SSSR count). The number of Topliss-reactive ketones (excluding diaryl/α,β-unsaturated/α-hetero) is 1. The highest BCUT2D eigenvalue weighted by Crippen LogP contribution is 2.37. The van der Waals surface area contributed by atoms with Gasteiger partial charge in [0.15, 0.2) is 18.1 Å². The molecular formula is C15H13NO3. The maximum absolute atomic E-state index is 11.6. The molecule has 0 fully saturated rings. The Morgan fingerprint density at radius 3 is 2.89 bits per heavy atom. The minimum Gasteiger partial charge on any atom is -0.483 e. The van der Waals surface area contributed by atoms with Crippen molar-refractivity contribution < 1.29 is 14.3 Å².